The van der Waals surface area contributed by atoms with Crippen molar-refractivity contribution in [3.05, 3.63) is 24.0 Å². The number of carbonyl (C=O) groups is 1. The molecule has 5 nitrogen and oxygen atoms in total. The van der Waals surface area contributed by atoms with Crippen molar-refractivity contribution in [2.24, 2.45) is 11.8 Å². The highest BCUT2D eigenvalue weighted by atomic mass is 16.2. The number of rotatable bonds is 2. The molecule has 1 aliphatic rings. The van der Waals surface area contributed by atoms with E-state index < -0.39 is 0 Å². The molecule has 0 radical (unpaired) electrons. The number of aromatic nitrogens is 1. The van der Waals surface area contributed by atoms with E-state index in [9.17, 15) is 4.79 Å². The smallest absolute Gasteiger partial charge is 0.256 e. The standard InChI is InChI=1S/C12H18N4O/c1-9-3-6-16(7-4-9)12(17)10-2-5-14-8-11(10)15-13/h2,5,8-9,15H,3-4,6-7,13H2,1H3. The zero-order valence-electron chi connectivity index (χ0n) is 10.0. The van der Waals surface area contributed by atoms with Gasteiger partial charge in [-0.25, -0.2) is 0 Å². The molecule has 1 saturated heterocycles. The first kappa shape index (κ1) is 11.9. The first-order valence-electron chi connectivity index (χ1n) is 5.92. The number of nitrogens with zero attached hydrogens (tertiary/aromatic N) is 2. The Morgan fingerprint density at radius 3 is 2.88 bits per heavy atom. The second-order valence-electron chi connectivity index (χ2n) is 4.54. The molecule has 1 amide bonds. The van der Waals surface area contributed by atoms with E-state index >= 15 is 0 Å². The number of carbonyl (C=O) groups excluding carboxylic acids is 1. The Bertz CT molecular complexity index is 399. The minimum atomic E-state index is 0.0345. The third kappa shape index (κ3) is 2.55. The van der Waals surface area contributed by atoms with Crippen molar-refractivity contribution < 1.29 is 4.79 Å². The molecule has 0 aliphatic carbocycles. The fourth-order valence-electron chi connectivity index (χ4n) is 2.08. The number of pyridine rings is 1. The molecular weight excluding hydrogens is 216 g/mol. The van der Waals surface area contributed by atoms with E-state index in [1.54, 1.807) is 18.5 Å². The summed E-state index contributed by atoms with van der Waals surface area (Å²) in [6.07, 6.45) is 5.32. The third-order valence-corrected chi connectivity index (χ3v) is 3.28. The molecule has 1 aromatic heterocycles. The van der Waals surface area contributed by atoms with E-state index in [1.165, 1.54) is 0 Å². The molecular formula is C12H18N4O. The maximum Gasteiger partial charge on any atom is 0.256 e. The zero-order chi connectivity index (χ0) is 12.3. The van der Waals surface area contributed by atoms with Crippen molar-refractivity contribution >= 4 is 11.6 Å². The van der Waals surface area contributed by atoms with Crippen LogP contribution in [0.5, 0.6) is 0 Å². The van der Waals surface area contributed by atoms with Crippen LogP contribution in [0.15, 0.2) is 18.5 Å². The number of nitrogen functional groups attached to an aromatic ring is 1. The Hall–Kier alpha value is -1.62. The summed E-state index contributed by atoms with van der Waals surface area (Å²) in [5.74, 6) is 6.13. The van der Waals surface area contributed by atoms with E-state index in [0.29, 0.717) is 17.2 Å². The van der Waals surface area contributed by atoms with Gasteiger partial charge in [0.05, 0.1) is 17.4 Å². The Morgan fingerprint density at radius 2 is 2.24 bits per heavy atom. The second-order valence-corrected chi connectivity index (χ2v) is 4.54. The summed E-state index contributed by atoms with van der Waals surface area (Å²) < 4.78 is 0. The Balaban J connectivity index is 2.14. The molecule has 0 unspecified atom stereocenters. The monoisotopic (exact) mass is 234 g/mol. The number of nitrogens with one attached hydrogen (secondary N) is 1. The average molecular weight is 234 g/mol. The average Bonchev–Trinajstić information content (AvgIpc) is 2.39. The van der Waals surface area contributed by atoms with E-state index in [-0.39, 0.29) is 5.91 Å². The molecule has 3 N–H and O–H groups in total. The van der Waals surface area contributed by atoms with Crippen molar-refractivity contribution in [3.8, 4) is 0 Å². The van der Waals surface area contributed by atoms with Crippen molar-refractivity contribution in [1.29, 1.82) is 0 Å². The molecule has 5 heteroatoms. The molecule has 1 aliphatic heterocycles. The SMILES string of the molecule is CC1CCN(C(=O)c2ccncc2NN)CC1. The number of amides is 1. The van der Waals surface area contributed by atoms with Crippen LogP contribution < -0.4 is 11.3 Å². The van der Waals surface area contributed by atoms with Gasteiger partial charge in [-0.3, -0.25) is 15.6 Å². The lowest BCUT2D eigenvalue weighted by Crippen LogP contribution is -2.38. The molecule has 2 rings (SSSR count). The molecule has 1 aromatic rings. The van der Waals surface area contributed by atoms with Crippen LogP contribution in [0.1, 0.15) is 30.1 Å². The molecule has 92 valence electrons. The van der Waals surface area contributed by atoms with Gasteiger partial charge >= 0.3 is 0 Å². The lowest BCUT2D eigenvalue weighted by Gasteiger charge is -2.30. The maximum absolute atomic E-state index is 12.3. The summed E-state index contributed by atoms with van der Waals surface area (Å²) in [6, 6.07) is 1.70. The van der Waals surface area contributed by atoms with E-state index in [4.69, 9.17) is 5.84 Å². The topological polar surface area (TPSA) is 71.2 Å². The number of hydrogen-bond acceptors (Lipinski definition) is 4. The normalized spacial score (nSPS) is 16.9. The summed E-state index contributed by atoms with van der Waals surface area (Å²) in [5, 5.41) is 0. The fourth-order valence-corrected chi connectivity index (χ4v) is 2.08. The van der Waals surface area contributed by atoms with Gasteiger partial charge in [-0.05, 0) is 24.8 Å². The minimum absolute atomic E-state index is 0.0345. The van der Waals surface area contributed by atoms with Crippen LogP contribution in [0.3, 0.4) is 0 Å². The molecule has 17 heavy (non-hydrogen) atoms. The number of hydrazine groups is 1. The van der Waals surface area contributed by atoms with E-state index in [0.717, 1.165) is 25.9 Å². The lowest BCUT2D eigenvalue weighted by atomic mass is 9.98. The Kier molecular flexibility index (Phi) is 3.58. The largest absolute Gasteiger partial charge is 0.339 e. The van der Waals surface area contributed by atoms with Gasteiger partial charge in [-0.15, -0.1) is 0 Å². The van der Waals surface area contributed by atoms with Crippen LogP contribution in [0.2, 0.25) is 0 Å². The molecule has 0 bridgehead atoms. The third-order valence-electron chi connectivity index (χ3n) is 3.28. The minimum Gasteiger partial charge on any atom is -0.339 e. The zero-order valence-corrected chi connectivity index (χ0v) is 10.0. The highest BCUT2D eigenvalue weighted by Gasteiger charge is 2.22. The lowest BCUT2D eigenvalue weighted by molar-refractivity contribution is 0.0698. The van der Waals surface area contributed by atoms with Crippen LogP contribution in [0.4, 0.5) is 5.69 Å². The van der Waals surface area contributed by atoms with E-state index in [1.807, 2.05) is 4.90 Å². The summed E-state index contributed by atoms with van der Waals surface area (Å²) in [5.41, 5.74) is 3.69. The number of piperidine rings is 1. The number of nitrogens with two attached hydrogens (primary N) is 1. The van der Waals surface area contributed by atoms with Crippen molar-refractivity contribution in [2.45, 2.75) is 19.8 Å². The van der Waals surface area contributed by atoms with Gasteiger partial charge in [0, 0.05) is 19.3 Å². The number of anilines is 1. The fraction of sp³-hybridized carbons (Fsp3) is 0.500. The molecule has 0 atom stereocenters. The quantitative estimate of drug-likeness (QED) is 0.596. The van der Waals surface area contributed by atoms with Crippen molar-refractivity contribution in [1.82, 2.24) is 9.88 Å². The van der Waals surface area contributed by atoms with Gasteiger partial charge in [-0.2, -0.15) is 0 Å². The Morgan fingerprint density at radius 1 is 1.53 bits per heavy atom. The maximum atomic E-state index is 12.3. The van der Waals surface area contributed by atoms with Gasteiger partial charge in [0.15, 0.2) is 0 Å². The van der Waals surface area contributed by atoms with Gasteiger partial charge in [-0.1, -0.05) is 6.92 Å². The van der Waals surface area contributed by atoms with Crippen LogP contribution in [-0.4, -0.2) is 28.9 Å². The van der Waals surface area contributed by atoms with Gasteiger partial charge in [0.2, 0.25) is 0 Å². The first-order valence-corrected chi connectivity index (χ1v) is 5.92. The van der Waals surface area contributed by atoms with Crippen LogP contribution in [-0.2, 0) is 0 Å². The molecule has 0 aromatic carbocycles. The highest BCUT2D eigenvalue weighted by molar-refractivity contribution is 5.99. The molecule has 1 fully saturated rings. The van der Waals surface area contributed by atoms with Crippen molar-refractivity contribution in [3.63, 3.8) is 0 Å². The van der Waals surface area contributed by atoms with Crippen molar-refractivity contribution in [2.75, 3.05) is 18.5 Å². The van der Waals surface area contributed by atoms with Crippen LogP contribution in [0, 0.1) is 5.92 Å². The number of likely N-dealkylation sites (tertiary alicyclic amines) is 1. The summed E-state index contributed by atoms with van der Waals surface area (Å²) in [7, 11) is 0. The first-order chi connectivity index (χ1) is 8.22. The summed E-state index contributed by atoms with van der Waals surface area (Å²) in [6.45, 7) is 3.87. The van der Waals surface area contributed by atoms with E-state index in [2.05, 4.69) is 17.3 Å². The molecule has 0 spiro atoms. The summed E-state index contributed by atoms with van der Waals surface area (Å²) >= 11 is 0. The van der Waals surface area contributed by atoms with Gasteiger partial charge in [0.25, 0.3) is 5.91 Å². The van der Waals surface area contributed by atoms with Crippen LogP contribution >= 0.6 is 0 Å². The van der Waals surface area contributed by atoms with Crippen LogP contribution in [0.25, 0.3) is 0 Å². The van der Waals surface area contributed by atoms with Gasteiger partial charge in [0.1, 0.15) is 0 Å². The predicted octanol–water partition coefficient (Wildman–Crippen LogP) is 1.24. The van der Waals surface area contributed by atoms with Gasteiger partial charge < -0.3 is 10.3 Å². The second kappa shape index (κ2) is 5.14. The number of hydrogen-bond donors (Lipinski definition) is 2. The molecule has 0 saturated carbocycles. The molecule has 2 heterocycles. The Labute approximate surface area is 101 Å². The predicted molar refractivity (Wildman–Crippen MR) is 66.3 cm³/mol. The highest BCUT2D eigenvalue weighted by Crippen LogP contribution is 2.20. The summed E-state index contributed by atoms with van der Waals surface area (Å²) in [4.78, 5) is 18.1.